The van der Waals surface area contributed by atoms with Crippen LogP contribution in [0.2, 0.25) is 0 Å². The van der Waals surface area contributed by atoms with Gasteiger partial charge in [0.05, 0.1) is 11.9 Å². The zero-order valence-electron chi connectivity index (χ0n) is 11.2. The number of amides is 2. The fourth-order valence-corrected chi connectivity index (χ4v) is 1.65. The summed E-state index contributed by atoms with van der Waals surface area (Å²) >= 11 is 0. The molecule has 1 heterocycles. The number of aliphatic carboxylic acids is 1. The lowest BCUT2D eigenvalue weighted by molar-refractivity contribution is -0.137. The Morgan fingerprint density at radius 1 is 1.33 bits per heavy atom. The van der Waals surface area contributed by atoms with E-state index in [4.69, 9.17) is 5.11 Å². The van der Waals surface area contributed by atoms with Crippen molar-refractivity contribution in [3.8, 4) is 5.75 Å². The summed E-state index contributed by atoms with van der Waals surface area (Å²) < 4.78 is 1.21. The molecule has 1 aromatic heterocycles. The van der Waals surface area contributed by atoms with Crippen LogP contribution in [0.15, 0.2) is 36.7 Å². The van der Waals surface area contributed by atoms with Crippen LogP contribution in [0.1, 0.15) is 0 Å². The zero-order chi connectivity index (χ0) is 15.4. The van der Waals surface area contributed by atoms with Crippen molar-refractivity contribution in [1.82, 2.24) is 9.78 Å². The average molecular weight is 290 g/mol. The number of aromatic nitrogens is 2. The molecule has 1 aromatic carbocycles. The van der Waals surface area contributed by atoms with Gasteiger partial charge in [-0.1, -0.05) is 0 Å². The lowest BCUT2D eigenvalue weighted by Gasteiger charge is -2.17. The topological polar surface area (TPSA) is 108 Å². The number of phenolic OH excluding ortho intramolecular Hbond substituents is 1. The van der Waals surface area contributed by atoms with Crippen molar-refractivity contribution in [3.63, 3.8) is 0 Å². The Bertz CT molecular complexity index is 650. The molecule has 0 unspecified atom stereocenters. The lowest BCUT2D eigenvalue weighted by atomic mass is 10.3. The van der Waals surface area contributed by atoms with E-state index in [-0.39, 0.29) is 12.3 Å². The van der Waals surface area contributed by atoms with Crippen LogP contribution < -0.4 is 10.2 Å². The van der Waals surface area contributed by atoms with E-state index in [0.717, 1.165) is 0 Å². The molecule has 0 saturated carbocycles. The third-order valence-electron chi connectivity index (χ3n) is 2.72. The van der Waals surface area contributed by atoms with Gasteiger partial charge in [-0.3, -0.25) is 14.4 Å². The van der Waals surface area contributed by atoms with Crippen LogP contribution in [-0.2, 0) is 11.3 Å². The third-order valence-corrected chi connectivity index (χ3v) is 2.72. The van der Waals surface area contributed by atoms with E-state index in [0.29, 0.717) is 11.4 Å². The molecule has 0 bridgehead atoms. The highest BCUT2D eigenvalue weighted by molar-refractivity contribution is 6.01. The molecular weight excluding hydrogens is 276 g/mol. The van der Waals surface area contributed by atoms with E-state index < -0.39 is 12.0 Å². The number of carbonyl (C=O) groups is 2. The molecule has 8 heteroatoms. The molecule has 110 valence electrons. The molecule has 2 amide bonds. The lowest BCUT2D eigenvalue weighted by Crippen LogP contribution is -2.30. The summed E-state index contributed by atoms with van der Waals surface area (Å²) in [5, 5.41) is 24.3. The molecule has 2 aromatic rings. The first kappa shape index (κ1) is 14.4. The first-order valence-electron chi connectivity index (χ1n) is 6.03. The predicted molar refractivity (Wildman–Crippen MR) is 75.4 cm³/mol. The number of nitrogens with one attached hydrogen (secondary N) is 1. The minimum Gasteiger partial charge on any atom is -0.508 e. The van der Waals surface area contributed by atoms with Crippen molar-refractivity contribution < 1.29 is 19.8 Å². The molecule has 21 heavy (non-hydrogen) atoms. The number of hydrogen-bond donors (Lipinski definition) is 3. The van der Waals surface area contributed by atoms with Crippen molar-refractivity contribution in [1.29, 1.82) is 0 Å². The molecule has 0 fully saturated rings. The Kier molecular flexibility index (Phi) is 4.07. The van der Waals surface area contributed by atoms with Crippen LogP contribution in [0, 0.1) is 0 Å². The number of benzene rings is 1. The van der Waals surface area contributed by atoms with Crippen LogP contribution in [0.25, 0.3) is 0 Å². The Balaban J connectivity index is 2.01. The predicted octanol–water partition coefficient (Wildman–Crippen LogP) is 1.34. The zero-order valence-corrected chi connectivity index (χ0v) is 11.2. The van der Waals surface area contributed by atoms with E-state index in [1.807, 2.05) is 0 Å². The first-order chi connectivity index (χ1) is 9.95. The van der Waals surface area contributed by atoms with E-state index in [9.17, 15) is 14.7 Å². The van der Waals surface area contributed by atoms with Crippen LogP contribution in [0.5, 0.6) is 5.75 Å². The van der Waals surface area contributed by atoms with Crippen molar-refractivity contribution in [2.45, 2.75) is 6.54 Å². The SMILES string of the molecule is CN(C(=O)Nc1cnn(CC(=O)O)c1)c1ccc(O)cc1. The van der Waals surface area contributed by atoms with Gasteiger partial charge in [-0.15, -0.1) is 0 Å². The maximum absolute atomic E-state index is 12.0. The Labute approximate surface area is 120 Å². The largest absolute Gasteiger partial charge is 0.508 e. The summed E-state index contributed by atoms with van der Waals surface area (Å²) in [5.74, 6) is -0.903. The molecule has 0 radical (unpaired) electrons. The van der Waals surface area contributed by atoms with Gasteiger partial charge in [-0.05, 0) is 24.3 Å². The molecule has 3 N–H and O–H groups in total. The highest BCUT2D eigenvalue weighted by atomic mass is 16.4. The van der Waals surface area contributed by atoms with E-state index in [1.54, 1.807) is 19.2 Å². The normalized spacial score (nSPS) is 10.1. The minimum atomic E-state index is -1.02. The molecule has 0 spiro atoms. The summed E-state index contributed by atoms with van der Waals surface area (Å²) in [6.07, 6.45) is 2.79. The maximum atomic E-state index is 12.0. The standard InChI is InChI=1S/C13H14N4O4/c1-16(10-2-4-11(18)5-3-10)13(21)15-9-6-14-17(7-9)8-12(19)20/h2-7,18H,8H2,1H3,(H,15,21)(H,19,20). The van der Waals surface area contributed by atoms with Gasteiger partial charge in [-0.2, -0.15) is 5.10 Å². The summed E-state index contributed by atoms with van der Waals surface area (Å²) in [7, 11) is 1.57. The quantitative estimate of drug-likeness (QED) is 0.787. The molecule has 0 saturated heterocycles. The molecule has 0 atom stereocenters. The molecule has 0 aliphatic carbocycles. The number of phenols is 1. The summed E-state index contributed by atoms with van der Waals surface area (Å²) in [6.45, 7) is -0.274. The van der Waals surface area contributed by atoms with Crippen LogP contribution in [-0.4, -0.2) is 39.0 Å². The highest BCUT2D eigenvalue weighted by Crippen LogP contribution is 2.18. The Morgan fingerprint density at radius 3 is 2.62 bits per heavy atom. The summed E-state index contributed by atoms with van der Waals surface area (Å²) in [6, 6.07) is 5.75. The van der Waals surface area contributed by atoms with E-state index >= 15 is 0 Å². The van der Waals surface area contributed by atoms with Crippen molar-refractivity contribution in [3.05, 3.63) is 36.7 Å². The number of carbonyl (C=O) groups excluding carboxylic acids is 1. The number of aromatic hydroxyl groups is 1. The van der Waals surface area contributed by atoms with E-state index in [2.05, 4.69) is 10.4 Å². The number of carboxylic acid groups (broad SMARTS) is 1. The second kappa shape index (κ2) is 5.95. The summed E-state index contributed by atoms with van der Waals surface area (Å²) in [4.78, 5) is 23.9. The van der Waals surface area contributed by atoms with Crippen LogP contribution in [0.4, 0.5) is 16.2 Å². The monoisotopic (exact) mass is 290 g/mol. The maximum Gasteiger partial charge on any atom is 0.326 e. The van der Waals surface area contributed by atoms with Gasteiger partial charge in [0.1, 0.15) is 12.3 Å². The van der Waals surface area contributed by atoms with Gasteiger partial charge in [0, 0.05) is 18.9 Å². The van der Waals surface area contributed by atoms with Crippen molar-refractivity contribution >= 4 is 23.4 Å². The second-order valence-corrected chi connectivity index (χ2v) is 4.33. The highest BCUT2D eigenvalue weighted by Gasteiger charge is 2.12. The molecular formula is C13H14N4O4. The van der Waals surface area contributed by atoms with Crippen LogP contribution >= 0.6 is 0 Å². The number of nitrogens with zero attached hydrogens (tertiary/aromatic N) is 3. The first-order valence-corrected chi connectivity index (χ1v) is 6.03. The van der Waals surface area contributed by atoms with Gasteiger partial charge in [0.25, 0.3) is 0 Å². The molecule has 0 aliphatic rings. The average Bonchev–Trinajstić information content (AvgIpc) is 2.85. The number of urea groups is 1. The number of hydrogen-bond acceptors (Lipinski definition) is 4. The molecule has 8 nitrogen and oxygen atoms in total. The van der Waals surface area contributed by atoms with Gasteiger partial charge in [0.15, 0.2) is 0 Å². The van der Waals surface area contributed by atoms with Crippen molar-refractivity contribution in [2.24, 2.45) is 0 Å². The third kappa shape index (κ3) is 3.72. The van der Waals surface area contributed by atoms with Gasteiger partial charge in [-0.25, -0.2) is 4.79 Å². The van der Waals surface area contributed by atoms with Gasteiger partial charge >= 0.3 is 12.0 Å². The fraction of sp³-hybridized carbons (Fsp3) is 0.154. The molecule has 0 aliphatic heterocycles. The second-order valence-electron chi connectivity index (χ2n) is 4.33. The van der Waals surface area contributed by atoms with E-state index in [1.165, 1.54) is 34.1 Å². The van der Waals surface area contributed by atoms with Gasteiger partial charge < -0.3 is 15.5 Å². The number of carboxylic acids is 1. The minimum absolute atomic E-state index is 0.113. The Hall–Kier alpha value is -3.03. The smallest absolute Gasteiger partial charge is 0.326 e. The van der Waals surface area contributed by atoms with Crippen LogP contribution in [0.3, 0.4) is 0 Å². The van der Waals surface area contributed by atoms with Crippen molar-refractivity contribution in [2.75, 3.05) is 17.3 Å². The molecule has 2 rings (SSSR count). The number of rotatable bonds is 4. The summed E-state index contributed by atoms with van der Waals surface area (Å²) in [5.41, 5.74) is 0.995. The number of anilines is 2. The van der Waals surface area contributed by atoms with Gasteiger partial charge in [0.2, 0.25) is 0 Å². The fourth-order valence-electron chi connectivity index (χ4n) is 1.65. The Morgan fingerprint density at radius 2 is 2.00 bits per heavy atom.